The molecule has 2 N–H and O–H groups in total. The van der Waals surface area contributed by atoms with Crippen molar-refractivity contribution in [3.63, 3.8) is 0 Å². The average Bonchev–Trinajstić information content (AvgIpc) is 2.60. The highest BCUT2D eigenvalue weighted by Gasteiger charge is 2.23. The van der Waals surface area contributed by atoms with Gasteiger partial charge in [0, 0.05) is 23.3 Å². The highest BCUT2D eigenvalue weighted by molar-refractivity contribution is 6.30. The van der Waals surface area contributed by atoms with Gasteiger partial charge in [0.05, 0.1) is 18.0 Å². The largest absolute Gasteiger partial charge is 0.462 e. The van der Waals surface area contributed by atoms with E-state index >= 15 is 0 Å². The van der Waals surface area contributed by atoms with Crippen molar-refractivity contribution in [2.45, 2.75) is 13.8 Å². The van der Waals surface area contributed by atoms with Gasteiger partial charge in [0.15, 0.2) is 0 Å². The summed E-state index contributed by atoms with van der Waals surface area (Å²) in [5, 5.41) is 0.624. The van der Waals surface area contributed by atoms with Crippen molar-refractivity contribution in [2.24, 2.45) is 7.05 Å². The Balaban J connectivity index is 2.61. The minimum absolute atomic E-state index is 0.319. The molecule has 5 heteroatoms. The Morgan fingerprint density at radius 3 is 2.75 bits per heavy atom. The maximum atomic E-state index is 12.0. The zero-order valence-corrected chi connectivity index (χ0v) is 12.5. The lowest BCUT2D eigenvalue weighted by molar-refractivity contribution is 0.0526. The van der Waals surface area contributed by atoms with Crippen LogP contribution in [0.15, 0.2) is 24.3 Å². The van der Waals surface area contributed by atoms with Crippen LogP contribution in [0.25, 0.3) is 11.3 Å². The summed E-state index contributed by atoms with van der Waals surface area (Å²) in [7, 11) is 1.87. The van der Waals surface area contributed by atoms with Crippen molar-refractivity contribution >= 4 is 23.3 Å². The van der Waals surface area contributed by atoms with Crippen LogP contribution in [0.5, 0.6) is 0 Å². The number of rotatable bonds is 3. The molecule has 0 radical (unpaired) electrons. The van der Waals surface area contributed by atoms with E-state index in [9.17, 15) is 4.79 Å². The van der Waals surface area contributed by atoms with Gasteiger partial charge in [-0.05, 0) is 26.0 Å². The quantitative estimate of drug-likeness (QED) is 0.882. The van der Waals surface area contributed by atoms with Gasteiger partial charge in [-0.15, -0.1) is 0 Å². The number of nitrogens with zero attached hydrogens (tertiary/aromatic N) is 1. The number of halogens is 1. The predicted molar refractivity (Wildman–Crippen MR) is 81.0 cm³/mol. The van der Waals surface area contributed by atoms with E-state index in [0.29, 0.717) is 22.9 Å². The first kappa shape index (κ1) is 14.5. The van der Waals surface area contributed by atoms with Crippen molar-refractivity contribution in [1.29, 1.82) is 0 Å². The van der Waals surface area contributed by atoms with Crippen molar-refractivity contribution < 1.29 is 9.53 Å². The van der Waals surface area contributed by atoms with Gasteiger partial charge >= 0.3 is 5.97 Å². The summed E-state index contributed by atoms with van der Waals surface area (Å²) >= 11 is 6.02. The molecule has 0 bridgehead atoms. The number of benzene rings is 1. The number of ether oxygens (including phenoxy) is 1. The van der Waals surface area contributed by atoms with Crippen LogP contribution in [0, 0.1) is 6.92 Å². The van der Waals surface area contributed by atoms with Gasteiger partial charge in [-0.2, -0.15) is 0 Å². The van der Waals surface area contributed by atoms with Gasteiger partial charge in [0.2, 0.25) is 0 Å². The zero-order valence-electron chi connectivity index (χ0n) is 11.7. The summed E-state index contributed by atoms with van der Waals surface area (Å²) in [6.07, 6.45) is 0. The van der Waals surface area contributed by atoms with E-state index in [1.54, 1.807) is 13.0 Å². The fourth-order valence-electron chi connectivity index (χ4n) is 2.28. The third-order valence-electron chi connectivity index (χ3n) is 3.30. The van der Waals surface area contributed by atoms with Crippen LogP contribution in [0.2, 0.25) is 5.02 Å². The maximum absolute atomic E-state index is 12.0. The topological polar surface area (TPSA) is 57.2 Å². The molecule has 20 heavy (non-hydrogen) atoms. The number of nitrogen functional groups attached to an aromatic ring is 1. The molecule has 0 spiro atoms. The molecule has 0 aliphatic heterocycles. The first-order valence-electron chi connectivity index (χ1n) is 6.35. The van der Waals surface area contributed by atoms with Crippen LogP contribution in [-0.2, 0) is 11.8 Å². The molecule has 2 aromatic rings. The third-order valence-corrected chi connectivity index (χ3v) is 3.54. The second-order valence-corrected chi connectivity index (χ2v) is 4.95. The van der Waals surface area contributed by atoms with Crippen LogP contribution < -0.4 is 5.73 Å². The monoisotopic (exact) mass is 292 g/mol. The molecule has 0 amide bonds. The lowest BCUT2D eigenvalue weighted by Crippen LogP contribution is -2.08. The molecule has 0 saturated carbocycles. The van der Waals surface area contributed by atoms with Gasteiger partial charge in [-0.25, -0.2) is 4.79 Å². The third kappa shape index (κ3) is 2.39. The van der Waals surface area contributed by atoms with Crippen LogP contribution in [0.4, 0.5) is 5.69 Å². The molecule has 4 nitrogen and oxygen atoms in total. The number of carbonyl (C=O) groups excluding carboxylic acids is 1. The van der Waals surface area contributed by atoms with E-state index < -0.39 is 5.97 Å². The van der Waals surface area contributed by atoms with Crippen LogP contribution >= 0.6 is 11.6 Å². The van der Waals surface area contributed by atoms with Gasteiger partial charge < -0.3 is 15.0 Å². The van der Waals surface area contributed by atoms with Gasteiger partial charge in [0.25, 0.3) is 0 Å². The van der Waals surface area contributed by atoms with Crippen molar-refractivity contribution in [1.82, 2.24) is 4.57 Å². The number of esters is 1. The van der Waals surface area contributed by atoms with Gasteiger partial charge in [0.1, 0.15) is 5.56 Å². The van der Waals surface area contributed by atoms with Gasteiger partial charge in [-0.1, -0.05) is 23.7 Å². The Morgan fingerprint density at radius 2 is 2.15 bits per heavy atom. The van der Waals surface area contributed by atoms with Crippen molar-refractivity contribution in [3.05, 3.63) is 40.5 Å². The fraction of sp³-hybridized carbons (Fsp3) is 0.267. The first-order valence-corrected chi connectivity index (χ1v) is 6.73. The molecule has 1 aromatic heterocycles. The lowest BCUT2D eigenvalue weighted by Gasteiger charge is -2.06. The first-order chi connectivity index (χ1) is 9.47. The molecule has 0 atom stereocenters. The average molecular weight is 293 g/mol. The normalized spacial score (nSPS) is 10.6. The zero-order chi connectivity index (χ0) is 14.9. The molecule has 0 fully saturated rings. The Kier molecular flexibility index (Phi) is 4.04. The van der Waals surface area contributed by atoms with E-state index in [0.717, 1.165) is 17.0 Å². The number of carbonyl (C=O) groups is 1. The molecule has 106 valence electrons. The Hall–Kier alpha value is -1.94. The molecule has 0 aliphatic carbocycles. The second kappa shape index (κ2) is 5.59. The minimum Gasteiger partial charge on any atom is -0.462 e. The highest BCUT2D eigenvalue weighted by Crippen LogP contribution is 2.34. The number of hydrogen-bond donors (Lipinski definition) is 1. The Labute approximate surface area is 123 Å². The highest BCUT2D eigenvalue weighted by atomic mass is 35.5. The van der Waals surface area contributed by atoms with Crippen LogP contribution in [-0.4, -0.2) is 17.1 Å². The Morgan fingerprint density at radius 1 is 1.45 bits per heavy atom. The SMILES string of the molecule is CCOC(=O)c1c(N)c(-c2cccc(Cl)c2)n(C)c1C. The van der Waals surface area contributed by atoms with E-state index in [4.69, 9.17) is 22.1 Å². The molecule has 1 heterocycles. The van der Waals surface area contributed by atoms with Crippen LogP contribution in [0.3, 0.4) is 0 Å². The molecule has 0 saturated heterocycles. The summed E-state index contributed by atoms with van der Waals surface area (Å²) < 4.78 is 6.94. The molecule has 0 aliphatic rings. The Bertz CT molecular complexity index is 662. The minimum atomic E-state index is -0.397. The maximum Gasteiger partial charge on any atom is 0.342 e. The molecule has 2 rings (SSSR count). The fourth-order valence-corrected chi connectivity index (χ4v) is 2.47. The standard InChI is InChI=1S/C15H17ClN2O2/c1-4-20-15(19)12-9(2)18(3)14(13(12)17)10-6-5-7-11(16)8-10/h5-8H,4,17H2,1-3H3. The predicted octanol–water partition coefficient (Wildman–Crippen LogP) is 3.41. The van der Waals surface area contributed by atoms with Crippen molar-refractivity contribution in [3.8, 4) is 11.3 Å². The summed E-state index contributed by atoms with van der Waals surface area (Å²) in [6, 6.07) is 7.38. The summed E-state index contributed by atoms with van der Waals surface area (Å²) in [4.78, 5) is 12.0. The summed E-state index contributed by atoms with van der Waals surface area (Å²) in [5.41, 5.74) is 9.41. The number of anilines is 1. The second-order valence-electron chi connectivity index (χ2n) is 4.51. The molecular formula is C15H17ClN2O2. The summed E-state index contributed by atoms with van der Waals surface area (Å²) in [5.74, 6) is -0.397. The summed E-state index contributed by atoms with van der Waals surface area (Å²) in [6.45, 7) is 3.93. The van der Waals surface area contributed by atoms with E-state index in [1.807, 2.05) is 36.7 Å². The molecule has 1 aromatic carbocycles. The van der Waals surface area contributed by atoms with Crippen molar-refractivity contribution in [2.75, 3.05) is 12.3 Å². The van der Waals surface area contributed by atoms with E-state index in [2.05, 4.69) is 0 Å². The van der Waals surface area contributed by atoms with Gasteiger partial charge in [-0.3, -0.25) is 0 Å². The van der Waals surface area contributed by atoms with E-state index in [-0.39, 0.29) is 0 Å². The molecule has 0 unspecified atom stereocenters. The van der Waals surface area contributed by atoms with E-state index in [1.165, 1.54) is 0 Å². The molecular weight excluding hydrogens is 276 g/mol. The number of aromatic nitrogens is 1. The van der Waals surface area contributed by atoms with Crippen LogP contribution in [0.1, 0.15) is 23.0 Å². The number of nitrogens with two attached hydrogens (primary N) is 1. The lowest BCUT2D eigenvalue weighted by atomic mass is 10.1. The number of hydrogen-bond acceptors (Lipinski definition) is 3. The smallest absolute Gasteiger partial charge is 0.342 e.